The first-order valence-electron chi connectivity index (χ1n) is 6.52. The Balaban J connectivity index is 3.43. The molecule has 1 N–H and O–H groups in total. The SMILES string of the molecule is CC(=C=C(c1ccccc1)C(C)(C)CO)C(C)C. The monoisotopic (exact) mass is 244 g/mol. The Morgan fingerprint density at radius 3 is 2.22 bits per heavy atom. The summed E-state index contributed by atoms with van der Waals surface area (Å²) < 4.78 is 0. The smallest absolute Gasteiger partial charge is 0.0528 e. The van der Waals surface area contributed by atoms with E-state index in [-0.39, 0.29) is 12.0 Å². The van der Waals surface area contributed by atoms with Crippen LogP contribution in [0.2, 0.25) is 0 Å². The molecule has 98 valence electrons. The summed E-state index contributed by atoms with van der Waals surface area (Å²) in [4.78, 5) is 0. The van der Waals surface area contributed by atoms with Gasteiger partial charge >= 0.3 is 0 Å². The van der Waals surface area contributed by atoms with Gasteiger partial charge in [0.2, 0.25) is 0 Å². The molecule has 0 radical (unpaired) electrons. The van der Waals surface area contributed by atoms with Crippen LogP contribution < -0.4 is 0 Å². The van der Waals surface area contributed by atoms with Gasteiger partial charge < -0.3 is 5.11 Å². The molecule has 0 heterocycles. The van der Waals surface area contributed by atoms with Crippen molar-refractivity contribution in [3.8, 4) is 0 Å². The van der Waals surface area contributed by atoms with Crippen molar-refractivity contribution in [2.75, 3.05) is 6.61 Å². The summed E-state index contributed by atoms with van der Waals surface area (Å²) in [7, 11) is 0. The third-order valence-corrected chi connectivity index (χ3v) is 3.32. The van der Waals surface area contributed by atoms with Crippen LogP contribution >= 0.6 is 0 Å². The van der Waals surface area contributed by atoms with Gasteiger partial charge in [0.15, 0.2) is 0 Å². The van der Waals surface area contributed by atoms with Crippen LogP contribution in [0.15, 0.2) is 41.6 Å². The third kappa shape index (κ3) is 3.60. The van der Waals surface area contributed by atoms with Gasteiger partial charge in [-0.05, 0) is 24.0 Å². The van der Waals surface area contributed by atoms with E-state index in [9.17, 15) is 5.11 Å². The van der Waals surface area contributed by atoms with Gasteiger partial charge in [-0.3, -0.25) is 0 Å². The van der Waals surface area contributed by atoms with Crippen molar-refractivity contribution in [1.82, 2.24) is 0 Å². The Labute approximate surface area is 111 Å². The maximum absolute atomic E-state index is 9.61. The first-order valence-corrected chi connectivity index (χ1v) is 6.52. The molecule has 0 saturated heterocycles. The number of benzene rings is 1. The highest BCUT2D eigenvalue weighted by atomic mass is 16.3. The van der Waals surface area contributed by atoms with Gasteiger partial charge in [-0.25, -0.2) is 0 Å². The van der Waals surface area contributed by atoms with Crippen LogP contribution in [0.4, 0.5) is 0 Å². The van der Waals surface area contributed by atoms with Gasteiger partial charge in [-0.2, -0.15) is 0 Å². The highest BCUT2D eigenvalue weighted by Gasteiger charge is 2.23. The molecule has 0 atom stereocenters. The van der Waals surface area contributed by atoms with Crippen molar-refractivity contribution in [3.63, 3.8) is 0 Å². The molecule has 1 nitrogen and oxygen atoms in total. The second-order valence-electron chi connectivity index (χ2n) is 5.75. The molecule has 0 aliphatic carbocycles. The summed E-state index contributed by atoms with van der Waals surface area (Å²) in [6.07, 6.45) is 0. The molecule has 1 aromatic carbocycles. The Morgan fingerprint density at radius 1 is 1.22 bits per heavy atom. The summed E-state index contributed by atoms with van der Waals surface area (Å²) in [5.41, 5.74) is 6.65. The highest BCUT2D eigenvalue weighted by Crippen LogP contribution is 2.33. The van der Waals surface area contributed by atoms with E-state index >= 15 is 0 Å². The molecule has 18 heavy (non-hydrogen) atoms. The van der Waals surface area contributed by atoms with Gasteiger partial charge in [-0.1, -0.05) is 58.0 Å². The number of hydrogen-bond donors (Lipinski definition) is 1. The van der Waals surface area contributed by atoms with E-state index in [0.717, 1.165) is 11.1 Å². The van der Waals surface area contributed by atoms with Gasteiger partial charge in [0.1, 0.15) is 0 Å². The number of rotatable bonds is 4. The van der Waals surface area contributed by atoms with E-state index in [1.165, 1.54) is 5.57 Å². The van der Waals surface area contributed by atoms with E-state index in [1.807, 2.05) is 18.2 Å². The van der Waals surface area contributed by atoms with Crippen molar-refractivity contribution >= 4 is 5.57 Å². The summed E-state index contributed by atoms with van der Waals surface area (Å²) in [6.45, 7) is 10.6. The predicted octanol–water partition coefficient (Wildman–Crippen LogP) is 4.29. The first kappa shape index (κ1) is 14.8. The van der Waals surface area contributed by atoms with Gasteiger partial charge in [0, 0.05) is 11.0 Å². The second kappa shape index (κ2) is 6.04. The molecule has 0 bridgehead atoms. The maximum Gasteiger partial charge on any atom is 0.0528 e. The minimum atomic E-state index is -0.280. The van der Waals surface area contributed by atoms with Gasteiger partial charge in [-0.15, -0.1) is 5.73 Å². The normalized spacial score (nSPS) is 11.3. The molecule has 1 rings (SSSR count). The van der Waals surface area contributed by atoms with E-state index < -0.39 is 0 Å². The van der Waals surface area contributed by atoms with Crippen LogP contribution in [0, 0.1) is 11.3 Å². The zero-order valence-corrected chi connectivity index (χ0v) is 12.1. The van der Waals surface area contributed by atoms with Crippen molar-refractivity contribution in [2.45, 2.75) is 34.6 Å². The van der Waals surface area contributed by atoms with Crippen LogP contribution in [0.1, 0.15) is 40.2 Å². The summed E-state index contributed by atoms with van der Waals surface area (Å²) in [5.74, 6) is 0.471. The molecule has 0 aromatic heterocycles. The van der Waals surface area contributed by atoms with Crippen LogP contribution in [0.5, 0.6) is 0 Å². The molecule has 0 unspecified atom stereocenters. The highest BCUT2D eigenvalue weighted by molar-refractivity contribution is 5.69. The van der Waals surface area contributed by atoms with E-state index in [0.29, 0.717) is 5.92 Å². The predicted molar refractivity (Wildman–Crippen MR) is 78.3 cm³/mol. The lowest BCUT2D eigenvalue weighted by molar-refractivity contribution is 0.207. The quantitative estimate of drug-likeness (QED) is 0.783. The molecule has 0 aliphatic rings. The van der Waals surface area contributed by atoms with Crippen LogP contribution in [-0.4, -0.2) is 11.7 Å². The van der Waals surface area contributed by atoms with Crippen LogP contribution in [0.25, 0.3) is 5.57 Å². The topological polar surface area (TPSA) is 20.2 Å². The van der Waals surface area contributed by atoms with Crippen LogP contribution in [-0.2, 0) is 0 Å². The summed E-state index contributed by atoms with van der Waals surface area (Å²) in [6, 6.07) is 10.2. The molecule has 0 saturated carbocycles. The molecular weight excluding hydrogens is 220 g/mol. The Morgan fingerprint density at radius 2 is 1.78 bits per heavy atom. The zero-order chi connectivity index (χ0) is 13.8. The van der Waals surface area contributed by atoms with Gasteiger partial charge in [0.05, 0.1) is 6.61 Å². The zero-order valence-electron chi connectivity index (χ0n) is 12.1. The third-order valence-electron chi connectivity index (χ3n) is 3.32. The standard InChI is InChI=1S/C17H24O/c1-13(2)14(3)11-16(17(4,5)12-18)15-9-7-6-8-10-15/h6-10,13,18H,12H2,1-5H3. The fourth-order valence-corrected chi connectivity index (χ4v) is 1.66. The molecule has 0 spiro atoms. The van der Waals surface area contributed by atoms with E-state index in [4.69, 9.17) is 0 Å². The average molecular weight is 244 g/mol. The van der Waals surface area contributed by atoms with Crippen molar-refractivity contribution in [2.24, 2.45) is 11.3 Å². The Hall–Kier alpha value is -1.30. The Bertz CT molecular complexity index is 446. The average Bonchev–Trinajstić information content (AvgIpc) is 2.36. The first-order chi connectivity index (χ1) is 8.38. The molecule has 1 heteroatoms. The molecular formula is C17H24O. The minimum Gasteiger partial charge on any atom is -0.395 e. The Kier molecular flexibility index (Phi) is 4.95. The molecule has 1 aromatic rings. The number of hydrogen-bond acceptors (Lipinski definition) is 1. The maximum atomic E-state index is 9.61. The summed E-state index contributed by atoms with van der Waals surface area (Å²) in [5, 5.41) is 9.61. The number of aliphatic hydroxyl groups is 1. The van der Waals surface area contributed by atoms with Crippen molar-refractivity contribution in [3.05, 3.63) is 47.2 Å². The fraction of sp³-hybridized carbons (Fsp3) is 0.471. The largest absolute Gasteiger partial charge is 0.395 e. The lowest BCUT2D eigenvalue weighted by Crippen LogP contribution is -2.18. The number of aliphatic hydroxyl groups excluding tert-OH is 1. The van der Waals surface area contributed by atoms with Gasteiger partial charge in [0.25, 0.3) is 0 Å². The summed E-state index contributed by atoms with van der Waals surface area (Å²) >= 11 is 0. The van der Waals surface area contributed by atoms with Crippen LogP contribution in [0.3, 0.4) is 0 Å². The molecule has 0 aliphatic heterocycles. The molecule has 0 amide bonds. The van der Waals surface area contributed by atoms with Crippen molar-refractivity contribution < 1.29 is 5.11 Å². The van der Waals surface area contributed by atoms with E-state index in [1.54, 1.807) is 0 Å². The minimum absolute atomic E-state index is 0.121. The lowest BCUT2D eigenvalue weighted by atomic mass is 9.80. The molecule has 0 fully saturated rings. The second-order valence-corrected chi connectivity index (χ2v) is 5.75. The van der Waals surface area contributed by atoms with E-state index in [2.05, 4.69) is 52.5 Å². The lowest BCUT2D eigenvalue weighted by Gasteiger charge is -2.24. The fourth-order valence-electron chi connectivity index (χ4n) is 1.66. The van der Waals surface area contributed by atoms with Crippen molar-refractivity contribution in [1.29, 1.82) is 0 Å².